The number of hydrogen-bond acceptors (Lipinski definition) is 5. The first-order chi connectivity index (χ1) is 13.7. The van der Waals surface area contributed by atoms with Crippen LogP contribution in [0.2, 0.25) is 0 Å². The van der Waals surface area contributed by atoms with Crippen LogP contribution in [-0.2, 0) is 9.53 Å². The number of aliphatic hydroxyl groups excluding tert-OH is 1. The summed E-state index contributed by atoms with van der Waals surface area (Å²) in [6, 6.07) is 2.79. The monoisotopic (exact) mass is 387 g/mol. The van der Waals surface area contributed by atoms with Crippen LogP contribution in [0.1, 0.15) is 48.9 Å². The minimum atomic E-state index is -0.591. The standard InChI is InChI=1S/C21H29N3O4/c25-14-19-18(24-21(27)16-8-10-22-11-9-16)7-6-17(28-19)12-20(26)23-13-15-4-2-1-3-5-15/h6-11,15,17-19,25H,1-5,12-14H2,(H,23,26)(H,24,27)/t17-,18-,19+/m1/s1. The van der Waals surface area contributed by atoms with E-state index in [1.165, 1.54) is 32.1 Å². The molecule has 2 aliphatic rings. The number of hydrogen-bond donors (Lipinski definition) is 3. The molecule has 0 unspecified atom stereocenters. The van der Waals surface area contributed by atoms with Gasteiger partial charge in [0, 0.05) is 24.5 Å². The van der Waals surface area contributed by atoms with Crippen molar-refractivity contribution < 1.29 is 19.4 Å². The maximum atomic E-state index is 12.3. The summed E-state index contributed by atoms with van der Waals surface area (Å²) in [4.78, 5) is 28.4. The van der Waals surface area contributed by atoms with E-state index < -0.39 is 18.2 Å². The highest BCUT2D eigenvalue weighted by Gasteiger charge is 2.29. The number of carbonyl (C=O) groups excluding carboxylic acids is 2. The molecule has 28 heavy (non-hydrogen) atoms. The molecule has 1 fully saturated rings. The third-order valence-electron chi connectivity index (χ3n) is 5.40. The molecule has 7 nitrogen and oxygen atoms in total. The van der Waals surface area contributed by atoms with Crippen LogP contribution in [0.5, 0.6) is 0 Å². The van der Waals surface area contributed by atoms with Crippen molar-refractivity contribution in [1.29, 1.82) is 0 Å². The van der Waals surface area contributed by atoms with Crippen molar-refractivity contribution >= 4 is 11.8 Å². The van der Waals surface area contributed by atoms with Gasteiger partial charge in [-0.2, -0.15) is 0 Å². The van der Waals surface area contributed by atoms with Gasteiger partial charge in [0.25, 0.3) is 5.91 Å². The van der Waals surface area contributed by atoms with Crippen molar-refractivity contribution in [2.24, 2.45) is 5.92 Å². The van der Waals surface area contributed by atoms with Crippen molar-refractivity contribution in [1.82, 2.24) is 15.6 Å². The van der Waals surface area contributed by atoms with E-state index in [1.807, 2.05) is 0 Å². The van der Waals surface area contributed by atoms with Gasteiger partial charge in [0.05, 0.1) is 25.2 Å². The van der Waals surface area contributed by atoms with Crippen molar-refractivity contribution in [2.45, 2.75) is 56.8 Å². The maximum absolute atomic E-state index is 12.3. The lowest BCUT2D eigenvalue weighted by atomic mass is 9.89. The van der Waals surface area contributed by atoms with E-state index in [0.717, 1.165) is 6.54 Å². The van der Waals surface area contributed by atoms with Gasteiger partial charge < -0.3 is 20.5 Å². The fraction of sp³-hybridized carbons (Fsp3) is 0.571. The number of rotatable bonds is 7. The molecular formula is C21H29N3O4. The molecule has 0 spiro atoms. The number of ether oxygens (including phenoxy) is 1. The Balaban J connectivity index is 1.48. The van der Waals surface area contributed by atoms with Gasteiger partial charge in [-0.3, -0.25) is 14.6 Å². The van der Waals surface area contributed by atoms with Crippen LogP contribution < -0.4 is 10.6 Å². The smallest absolute Gasteiger partial charge is 0.251 e. The zero-order valence-electron chi connectivity index (χ0n) is 16.0. The molecule has 1 aliphatic carbocycles. The Morgan fingerprint density at radius 1 is 1.14 bits per heavy atom. The molecule has 152 valence electrons. The Kier molecular flexibility index (Phi) is 7.56. The van der Waals surface area contributed by atoms with Gasteiger partial charge in [0.15, 0.2) is 0 Å². The van der Waals surface area contributed by atoms with Crippen molar-refractivity contribution in [3.8, 4) is 0 Å². The minimum Gasteiger partial charge on any atom is -0.394 e. The lowest BCUT2D eigenvalue weighted by Crippen LogP contribution is -2.49. The number of carbonyl (C=O) groups is 2. The second-order valence-corrected chi connectivity index (χ2v) is 7.53. The van der Waals surface area contributed by atoms with Crippen molar-refractivity contribution in [2.75, 3.05) is 13.2 Å². The second kappa shape index (κ2) is 10.3. The minimum absolute atomic E-state index is 0.0452. The first-order valence-corrected chi connectivity index (χ1v) is 10.1. The molecule has 0 bridgehead atoms. The fourth-order valence-electron chi connectivity index (χ4n) is 3.78. The van der Waals surface area contributed by atoms with Crippen molar-refractivity contribution in [3.63, 3.8) is 0 Å². The molecule has 1 aliphatic heterocycles. The first-order valence-electron chi connectivity index (χ1n) is 10.1. The lowest BCUT2D eigenvalue weighted by molar-refractivity contribution is -0.125. The van der Waals surface area contributed by atoms with E-state index in [1.54, 1.807) is 36.7 Å². The summed E-state index contributed by atoms with van der Waals surface area (Å²) < 4.78 is 5.82. The highest BCUT2D eigenvalue weighted by Crippen LogP contribution is 2.23. The van der Waals surface area contributed by atoms with E-state index >= 15 is 0 Å². The van der Waals surface area contributed by atoms with Crippen LogP contribution >= 0.6 is 0 Å². The highest BCUT2D eigenvalue weighted by atomic mass is 16.5. The third kappa shape index (κ3) is 5.87. The van der Waals surface area contributed by atoms with Gasteiger partial charge in [-0.05, 0) is 30.9 Å². The number of nitrogens with one attached hydrogen (secondary N) is 2. The molecule has 3 atom stereocenters. The van der Waals surface area contributed by atoms with E-state index in [4.69, 9.17) is 4.74 Å². The van der Waals surface area contributed by atoms with Crippen LogP contribution in [0.25, 0.3) is 0 Å². The van der Waals surface area contributed by atoms with Gasteiger partial charge >= 0.3 is 0 Å². The average Bonchev–Trinajstić information content (AvgIpc) is 2.74. The Morgan fingerprint density at radius 3 is 2.61 bits per heavy atom. The Morgan fingerprint density at radius 2 is 1.89 bits per heavy atom. The molecule has 3 rings (SSSR count). The molecule has 1 aromatic rings. The first kappa shape index (κ1) is 20.5. The van der Waals surface area contributed by atoms with E-state index in [2.05, 4.69) is 15.6 Å². The summed E-state index contributed by atoms with van der Waals surface area (Å²) in [5.41, 5.74) is 0.490. The molecule has 0 radical (unpaired) electrons. The molecule has 2 amide bonds. The number of pyridine rings is 1. The predicted octanol–water partition coefficient (Wildman–Crippen LogP) is 1.58. The fourth-order valence-corrected chi connectivity index (χ4v) is 3.78. The summed E-state index contributed by atoms with van der Waals surface area (Å²) in [5, 5.41) is 15.5. The number of nitrogens with zero attached hydrogens (tertiary/aromatic N) is 1. The van der Waals surface area contributed by atoms with Crippen LogP contribution in [0.3, 0.4) is 0 Å². The summed E-state index contributed by atoms with van der Waals surface area (Å²) >= 11 is 0. The molecule has 1 aromatic heterocycles. The van der Waals surface area contributed by atoms with Gasteiger partial charge in [-0.25, -0.2) is 0 Å². The largest absolute Gasteiger partial charge is 0.394 e. The number of amides is 2. The highest BCUT2D eigenvalue weighted by molar-refractivity contribution is 5.94. The lowest BCUT2D eigenvalue weighted by Gasteiger charge is -2.31. The molecule has 7 heteroatoms. The topological polar surface area (TPSA) is 101 Å². The zero-order valence-corrected chi connectivity index (χ0v) is 16.0. The SMILES string of the molecule is O=C(C[C@H]1C=C[C@@H](NC(=O)c2ccncc2)[C@H](CO)O1)NCC1CCCCC1. The quantitative estimate of drug-likeness (QED) is 0.617. The normalized spacial score (nSPS) is 25.2. The zero-order chi connectivity index (χ0) is 19.8. The van der Waals surface area contributed by atoms with Gasteiger partial charge in [-0.15, -0.1) is 0 Å². The van der Waals surface area contributed by atoms with Crippen LogP contribution in [0.15, 0.2) is 36.7 Å². The number of aromatic nitrogens is 1. The van der Waals surface area contributed by atoms with E-state index in [0.29, 0.717) is 11.5 Å². The third-order valence-corrected chi connectivity index (χ3v) is 5.40. The second-order valence-electron chi connectivity index (χ2n) is 7.53. The molecule has 2 heterocycles. The predicted molar refractivity (Wildman–Crippen MR) is 105 cm³/mol. The van der Waals surface area contributed by atoms with E-state index in [9.17, 15) is 14.7 Å². The average molecular weight is 387 g/mol. The molecule has 1 saturated carbocycles. The van der Waals surface area contributed by atoms with Gasteiger partial charge in [-0.1, -0.05) is 31.4 Å². The van der Waals surface area contributed by atoms with Crippen LogP contribution in [-0.4, -0.2) is 53.3 Å². The van der Waals surface area contributed by atoms with Crippen LogP contribution in [0.4, 0.5) is 0 Å². The molecule has 0 saturated heterocycles. The summed E-state index contributed by atoms with van der Waals surface area (Å²) in [6.07, 6.45) is 12.1. The molecule has 3 N–H and O–H groups in total. The van der Waals surface area contributed by atoms with Gasteiger partial charge in [0.1, 0.15) is 6.10 Å². The summed E-state index contributed by atoms with van der Waals surface area (Å²) in [5.74, 6) is 0.275. The maximum Gasteiger partial charge on any atom is 0.251 e. The Hall–Kier alpha value is -2.25. The Bertz CT molecular complexity index is 673. The van der Waals surface area contributed by atoms with Crippen molar-refractivity contribution in [3.05, 3.63) is 42.2 Å². The molecule has 0 aromatic carbocycles. The van der Waals surface area contributed by atoms with Gasteiger partial charge in [0.2, 0.25) is 5.91 Å². The number of aliphatic hydroxyl groups is 1. The van der Waals surface area contributed by atoms with E-state index in [-0.39, 0.29) is 24.8 Å². The van der Waals surface area contributed by atoms with Crippen LogP contribution in [0, 0.1) is 5.92 Å². The summed E-state index contributed by atoms with van der Waals surface area (Å²) in [6.45, 7) is 0.481. The summed E-state index contributed by atoms with van der Waals surface area (Å²) in [7, 11) is 0. The molecular weight excluding hydrogens is 358 g/mol. The Labute approximate surface area is 165 Å².